The van der Waals surface area contributed by atoms with Crippen molar-refractivity contribution in [1.82, 2.24) is 24.3 Å². The highest BCUT2D eigenvalue weighted by atomic mass is 19.2. The number of hydrogen-bond acceptors (Lipinski definition) is 5. The van der Waals surface area contributed by atoms with Gasteiger partial charge in [0, 0.05) is 61.2 Å². The zero-order chi connectivity index (χ0) is 25.4. The predicted molar refractivity (Wildman–Crippen MR) is 139 cm³/mol. The monoisotopic (exact) mass is 503 g/mol. The largest absolute Gasteiger partial charge is 0.472 e. The molecule has 0 aliphatic carbocycles. The highest BCUT2D eigenvalue weighted by Crippen LogP contribution is 2.36. The quantitative estimate of drug-likeness (QED) is 0.322. The molecule has 0 amide bonds. The van der Waals surface area contributed by atoms with Gasteiger partial charge in [0.25, 0.3) is 0 Å². The molecule has 0 spiro atoms. The molecule has 8 heteroatoms. The molecule has 2 aliphatic heterocycles. The van der Waals surface area contributed by atoms with Crippen LogP contribution in [0.3, 0.4) is 0 Å². The van der Waals surface area contributed by atoms with E-state index in [1.807, 2.05) is 30.5 Å². The second kappa shape index (κ2) is 10.1. The Morgan fingerprint density at radius 1 is 1.00 bits per heavy atom. The molecule has 4 aromatic rings. The fourth-order valence-corrected chi connectivity index (χ4v) is 5.87. The molecule has 2 fully saturated rings. The number of pyridine rings is 1. The standard InChI is InChI=1S/C29H31F2N5O/c1-20(22-5-11-34(12-6-22)18-21-9-15-37-19-21)35-13-7-23(8-14-35)36-28-17-25(31)24(30)16-27(28)33-29(36)26-4-2-3-10-32-26/h2-4,9-10,15-17,19,22-23H,1,5-8,11-14,18H2. The molecule has 3 aromatic heterocycles. The minimum Gasteiger partial charge on any atom is -0.472 e. The van der Waals surface area contributed by atoms with E-state index in [1.165, 1.54) is 23.4 Å². The van der Waals surface area contributed by atoms with Gasteiger partial charge in [0.2, 0.25) is 0 Å². The van der Waals surface area contributed by atoms with Crippen LogP contribution in [-0.2, 0) is 6.54 Å². The predicted octanol–water partition coefficient (Wildman–Crippen LogP) is 6.03. The topological polar surface area (TPSA) is 50.3 Å². The minimum atomic E-state index is -0.883. The van der Waals surface area contributed by atoms with Crippen LogP contribution in [0.15, 0.2) is 71.8 Å². The maximum absolute atomic E-state index is 14.3. The van der Waals surface area contributed by atoms with Crippen molar-refractivity contribution in [1.29, 1.82) is 0 Å². The third kappa shape index (κ3) is 4.78. The highest BCUT2D eigenvalue weighted by molar-refractivity contribution is 5.80. The van der Waals surface area contributed by atoms with Crippen LogP contribution >= 0.6 is 0 Å². The molecule has 0 unspecified atom stereocenters. The Labute approximate surface area is 215 Å². The summed E-state index contributed by atoms with van der Waals surface area (Å²) in [6.07, 6.45) is 9.24. The molecule has 1 aromatic carbocycles. The number of halogens is 2. The van der Waals surface area contributed by atoms with E-state index >= 15 is 0 Å². The van der Waals surface area contributed by atoms with Crippen molar-refractivity contribution < 1.29 is 13.2 Å². The van der Waals surface area contributed by atoms with E-state index in [1.54, 1.807) is 12.5 Å². The van der Waals surface area contributed by atoms with Crippen LogP contribution in [0.1, 0.15) is 37.3 Å². The van der Waals surface area contributed by atoms with Gasteiger partial charge in [-0.3, -0.25) is 9.88 Å². The van der Waals surface area contributed by atoms with Crippen molar-refractivity contribution in [2.75, 3.05) is 26.2 Å². The lowest BCUT2D eigenvalue weighted by molar-refractivity contribution is 0.155. The molecule has 0 N–H and O–H groups in total. The minimum absolute atomic E-state index is 0.118. The van der Waals surface area contributed by atoms with E-state index < -0.39 is 11.6 Å². The van der Waals surface area contributed by atoms with E-state index in [2.05, 4.69) is 30.9 Å². The van der Waals surface area contributed by atoms with Gasteiger partial charge in [-0.15, -0.1) is 0 Å². The number of nitrogens with zero attached hydrogens (tertiary/aromatic N) is 5. The number of imidazole rings is 1. The van der Waals surface area contributed by atoms with Crippen molar-refractivity contribution in [3.05, 3.63) is 84.6 Å². The summed E-state index contributed by atoms with van der Waals surface area (Å²) in [6.45, 7) is 9.30. The van der Waals surface area contributed by atoms with Gasteiger partial charge in [0.15, 0.2) is 17.5 Å². The third-order valence-corrected chi connectivity index (χ3v) is 7.91. The first kappa shape index (κ1) is 23.9. The number of allylic oxidation sites excluding steroid dienone is 1. The molecule has 0 saturated carbocycles. The second-order valence-electron chi connectivity index (χ2n) is 10.2. The van der Waals surface area contributed by atoms with Gasteiger partial charge < -0.3 is 13.9 Å². The van der Waals surface area contributed by atoms with Gasteiger partial charge in [-0.1, -0.05) is 12.6 Å². The van der Waals surface area contributed by atoms with Crippen LogP contribution < -0.4 is 0 Å². The molecule has 192 valence electrons. The van der Waals surface area contributed by atoms with Gasteiger partial charge in [-0.25, -0.2) is 13.8 Å². The Balaban J connectivity index is 1.15. The van der Waals surface area contributed by atoms with Crippen molar-refractivity contribution in [3.63, 3.8) is 0 Å². The van der Waals surface area contributed by atoms with E-state index in [-0.39, 0.29) is 6.04 Å². The lowest BCUT2D eigenvalue weighted by Gasteiger charge is -2.41. The van der Waals surface area contributed by atoms with Gasteiger partial charge in [0.1, 0.15) is 5.69 Å². The number of benzene rings is 1. The number of piperidine rings is 2. The van der Waals surface area contributed by atoms with Gasteiger partial charge in [0.05, 0.1) is 23.6 Å². The van der Waals surface area contributed by atoms with Crippen LogP contribution in [0.5, 0.6) is 0 Å². The van der Waals surface area contributed by atoms with E-state index in [0.717, 1.165) is 58.4 Å². The van der Waals surface area contributed by atoms with Crippen molar-refractivity contribution in [3.8, 4) is 11.5 Å². The molecule has 0 bridgehead atoms. The van der Waals surface area contributed by atoms with E-state index in [0.29, 0.717) is 28.5 Å². The summed E-state index contributed by atoms with van der Waals surface area (Å²) in [6, 6.07) is 10.2. The maximum atomic E-state index is 14.3. The molecule has 37 heavy (non-hydrogen) atoms. The number of likely N-dealkylation sites (tertiary alicyclic amines) is 2. The molecule has 6 nitrogen and oxygen atoms in total. The summed E-state index contributed by atoms with van der Waals surface area (Å²) in [7, 11) is 0. The van der Waals surface area contributed by atoms with Gasteiger partial charge >= 0.3 is 0 Å². The SMILES string of the molecule is C=C(C1CCN(Cc2ccoc2)CC1)N1CCC(n2c(-c3ccccn3)nc3cc(F)c(F)cc32)CC1. The summed E-state index contributed by atoms with van der Waals surface area (Å²) in [5, 5.41) is 0. The smallest absolute Gasteiger partial charge is 0.161 e. The maximum Gasteiger partial charge on any atom is 0.161 e. The van der Waals surface area contributed by atoms with Gasteiger partial charge in [-0.2, -0.15) is 0 Å². The Hall–Kier alpha value is -3.52. The zero-order valence-corrected chi connectivity index (χ0v) is 20.8. The third-order valence-electron chi connectivity index (χ3n) is 7.91. The molecular weight excluding hydrogens is 472 g/mol. The normalized spacial score (nSPS) is 18.1. The summed E-state index contributed by atoms with van der Waals surface area (Å²) >= 11 is 0. The fraction of sp³-hybridized carbons (Fsp3) is 0.379. The van der Waals surface area contributed by atoms with Crippen LogP contribution in [0, 0.1) is 17.6 Å². The van der Waals surface area contributed by atoms with E-state index in [9.17, 15) is 8.78 Å². The van der Waals surface area contributed by atoms with E-state index in [4.69, 9.17) is 4.42 Å². The summed E-state index contributed by atoms with van der Waals surface area (Å²) in [4.78, 5) is 14.0. The van der Waals surface area contributed by atoms with Gasteiger partial charge in [-0.05, 0) is 57.0 Å². The summed E-state index contributed by atoms with van der Waals surface area (Å²) in [5.74, 6) is -0.590. The Bertz CT molecular complexity index is 1370. The zero-order valence-electron chi connectivity index (χ0n) is 20.8. The molecule has 0 atom stereocenters. The number of rotatable bonds is 6. The van der Waals surface area contributed by atoms with Crippen molar-refractivity contribution in [2.24, 2.45) is 5.92 Å². The number of hydrogen-bond donors (Lipinski definition) is 0. The number of furan rings is 1. The lowest BCUT2D eigenvalue weighted by Crippen LogP contribution is -2.40. The average molecular weight is 504 g/mol. The van der Waals surface area contributed by atoms with Crippen molar-refractivity contribution >= 4 is 11.0 Å². The molecule has 6 rings (SSSR count). The Kier molecular flexibility index (Phi) is 6.50. The van der Waals surface area contributed by atoms with Crippen molar-refractivity contribution in [2.45, 2.75) is 38.3 Å². The molecular formula is C29H31F2N5O. The van der Waals surface area contributed by atoms with Crippen LogP contribution in [0.25, 0.3) is 22.6 Å². The Morgan fingerprint density at radius 3 is 2.49 bits per heavy atom. The summed E-state index contributed by atoms with van der Waals surface area (Å²) < 4.78 is 35.5. The summed E-state index contributed by atoms with van der Waals surface area (Å²) in [5.41, 5.74) is 4.22. The molecule has 5 heterocycles. The van der Waals surface area contributed by atoms with Crippen LogP contribution in [0.4, 0.5) is 8.78 Å². The number of aromatic nitrogens is 3. The van der Waals surface area contributed by atoms with Crippen LogP contribution in [-0.4, -0.2) is 50.5 Å². The molecule has 0 radical (unpaired) electrons. The lowest BCUT2D eigenvalue weighted by atomic mass is 9.91. The average Bonchev–Trinajstić information content (AvgIpc) is 3.57. The molecule has 2 aliphatic rings. The molecule has 2 saturated heterocycles. The first-order chi connectivity index (χ1) is 18.1. The number of fused-ring (bicyclic) bond motifs is 1. The Morgan fingerprint density at radius 2 is 1.78 bits per heavy atom. The second-order valence-corrected chi connectivity index (χ2v) is 10.2. The fourth-order valence-electron chi connectivity index (χ4n) is 5.87. The first-order valence-electron chi connectivity index (χ1n) is 13.0. The highest BCUT2D eigenvalue weighted by Gasteiger charge is 2.30. The first-order valence-corrected chi connectivity index (χ1v) is 13.0. The van der Waals surface area contributed by atoms with Crippen LogP contribution in [0.2, 0.25) is 0 Å².